The molecule has 1 aliphatic carbocycles. The fraction of sp³-hybridized carbons (Fsp3) is 0.312. The third-order valence-corrected chi connectivity index (χ3v) is 3.89. The summed E-state index contributed by atoms with van der Waals surface area (Å²) in [6, 6.07) is 11.4. The maximum absolute atomic E-state index is 12.3. The monoisotopic (exact) mass is 265 g/mol. The predicted molar refractivity (Wildman–Crippen MR) is 76.0 cm³/mol. The van der Waals surface area contributed by atoms with E-state index in [9.17, 15) is 10.1 Å². The first-order valence-electron chi connectivity index (χ1n) is 6.81. The lowest BCUT2D eigenvalue weighted by molar-refractivity contribution is 0.0921. The molecule has 1 aromatic carbocycles. The maximum Gasteiger partial charge on any atom is 0.252 e. The van der Waals surface area contributed by atoms with Crippen molar-refractivity contribution in [2.45, 2.75) is 31.2 Å². The molecule has 1 fully saturated rings. The molecule has 100 valence electrons. The first-order valence-corrected chi connectivity index (χ1v) is 6.81. The molecular weight excluding hydrogens is 250 g/mol. The molecule has 0 saturated heterocycles. The van der Waals surface area contributed by atoms with Gasteiger partial charge in [0.05, 0.1) is 11.6 Å². The van der Waals surface area contributed by atoms with Gasteiger partial charge in [0.1, 0.15) is 5.54 Å². The van der Waals surface area contributed by atoms with Gasteiger partial charge >= 0.3 is 0 Å². The van der Waals surface area contributed by atoms with Crippen molar-refractivity contribution in [1.82, 2.24) is 10.3 Å². The Morgan fingerprint density at radius 2 is 2.10 bits per heavy atom. The molecule has 20 heavy (non-hydrogen) atoms. The molecule has 1 heterocycles. The number of hydrogen-bond donors (Lipinski definition) is 1. The van der Waals surface area contributed by atoms with Crippen LogP contribution in [0.25, 0.3) is 10.9 Å². The summed E-state index contributed by atoms with van der Waals surface area (Å²) < 4.78 is 0. The average molecular weight is 265 g/mol. The Morgan fingerprint density at radius 1 is 1.30 bits per heavy atom. The van der Waals surface area contributed by atoms with Crippen LogP contribution in [0.3, 0.4) is 0 Å². The largest absolute Gasteiger partial charge is 0.334 e. The summed E-state index contributed by atoms with van der Waals surface area (Å²) in [7, 11) is 0. The number of carbonyl (C=O) groups excluding carboxylic acids is 1. The highest BCUT2D eigenvalue weighted by Gasteiger charge is 2.35. The number of nitrogens with one attached hydrogen (secondary N) is 1. The van der Waals surface area contributed by atoms with Gasteiger partial charge in [-0.2, -0.15) is 5.26 Å². The number of fused-ring (bicyclic) bond motifs is 1. The number of nitrogens with zero attached hydrogens (tertiary/aromatic N) is 2. The van der Waals surface area contributed by atoms with Gasteiger partial charge in [0.25, 0.3) is 5.91 Å². The fourth-order valence-electron chi connectivity index (χ4n) is 2.75. The van der Waals surface area contributed by atoms with E-state index in [1.807, 2.05) is 24.3 Å². The van der Waals surface area contributed by atoms with E-state index >= 15 is 0 Å². The lowest BCUT2D eigenvalue weighted by atomic mass is 9.99. The van der Waals surface area contributed by atoms with E-state index in [0.717, 1.165) is 36.6 Å². The summed E-state index contributed by atoms with van der Waals surface area (Å²) in [5.41, 5.74) is 0.757. The topological polar surface area (TPSA) is 65.8 Å². The molecule has 1 saturated carbocycles. The standard InChI is InChI=1S/C16H15N3O/c17-11-16(7-1-2-8-16)19-15(20)13-5-6-14-12(10-13)4-3-9-18-14/h3-6,9-10H,1-2,7-8H2,(H,19,20). The van der Waals surface area contributed by atoms with Crippen LogP contribution in [0.15, 0.2) is 36.5 Å². The lowest BCUT2D eigenvalue weighted by Gasteiger charge is -2.22. The smallest absolute Gasteiger partial charge is 0.252 e. The number of aromatic nitrogens is 1. The lowest BCUT2D eigenvalue weighted by Crippen LogP contribution is -2.45. The highest BCUT2D eigenvalue weighted by Crippen LogP contribution is 2.29. The number of rotatable bonds is 2. The van der Waals surface area contributed by atoms with Crippen LogP contribution in [0.4, 0.5) is 0 Å². The van der Waals surface area contributed by atoms with Crippen molar-refractivity contribution < 1.29 is 4.79 Å². The third-order valence-electron chi connectivity index (χ3n) is 3.89. The molecular formula is C16H15N3O. The maximum atomic E-state index is 12.3. The highest BCUT2D eigenvalue weighted by molar-refractivity contribution is 5.98. The molecule has 0 unspecified atom stereocenters. The minimum atomic E-state index is -0.680. The summed E-state index contributed by atoms with van der Waals surface area (Å²) >= 11 is 0. The second-order valence-corrected chi connectivity index (χ2v) is 5.27. The molecule has 1 aromatic heterocycles. The second-order valence-electron chi connectivity index (χ2n) is 5.27. The van der Waals surface area contributed by atoms with E-state index in [1.54, 1.807) is 12.3 Å². The van der Waals surface area contributed by atoms with Gasteiger partial charge in [0, 0.05) is 17.1 Å². The first-order chi connectivity index (χ1) is 9.72. The van der Waals surface area contributed by atoms with Crippen molar-refractivity contribution >= 4 is 16.8 Å². The molecule has 3 rings (SSSR count). The first kappa shape index (κ1) is 12.6. The molecule has 1 aliphatic rings. The van der Waals surface area contributed by atoms with E-state index in [0.29, 0.717) is 5.56 Å². The zero-order valence-corrected chi connectivity index (χ0v) is 11.1. The summed E-state index contributed by atoms with van der Waals surface area (Å²) in [6.07, 6.45) is 5.20. The Kier molecular flexibility index (Phi) is 3.11. The van der Waals surface area contributed by atoms with Gasteiger partial charge in [-0.05, 0) is 49.9 Å². The predicted octanol–water partition coefficient (Wildman–Crippen LogP) is 2.80. The van der Waals surface area contributed by atoms with Crippen molar-refractivity contribution in [3.63, 3.8) is 0 Å². The van der Waals surface area contributed by atoms with Gasteiger partial charge in [-0.25, -0.2) is 0 Å². The van der Waals surface area contributed by atoms with Crippen molar-refractivity contribution in [1.29, 1.82) is 5.26 Å². The third kappa shape index (κ3) is 2.23. The average Bonchev–Trinajstić information content (AvgIpc) is 2.96. The van der Waals surface area contributed by atoms with E-state index in [1.165, 1.54) is 0 Å². The molecule has 4 heteroatoms. The Hall–Kier alpha value is -2.41. The van der Waals surface area contributed by atoms with Crippen LogP contribution in [0.2, 0.25) is 0 Å². The Morgan fingerprint density at radius 3 is 2.85 bits per heavy atom. The van der Waals surface area contributed by atoms with E-state index in [2.05, 4.69) is 16.4 Å². The number of pyridine rings is 1. The van der Waals surface area contributed by atoms with Crippen LogP contribution in [0.1, 0.15) is 36.0 Å². The fourth-order valence-corrected chi connectivity index (χ4v) is 2.75. The number of amides is 1. The summed E-state index contributed by atoms with van der Waals surface area (Å²) in [4.78, 5) is 16.6. The van der Waals surface area contributed by atoms with Gasteiger partial charge < -0.3 is 5.32 Å². The van der Waals surface area contributed by atoms with Crippen LogP contribution in [-0.4, -0.2) is 16.4 Å². The molecule has 4 nitrogen and oxygen atoms in total. The molecule has 1 N–H and O–H groups in total. The minimum Gasteiger partial charge on any atom is -0.334 e. The van der Waals surface area contributed by atoms with E-state index in [-0.39, 0.29) is 5.91 Å². The Balaban J connectivity index is 1.87. The number of nitriles is 1. The molecule has 0 aliphatic heterocycles. The second kappa shape index (κ2) is 4.93. The van der Waals surface area contributed by atoms with E-state index in [4.69, 9.17) is 0 Å². The van der Waals surface area contributed by atoms with Gasteiger partial charge in [0.2, 0.25) is 0 Å². The SMILES string of the molecule is N#CC1(NC(=O)c2ccc3ncccc3c2)CCCC1. The molecule has 1 amide bonds. The van der Waals surface area contributed by atoms with Crippen LogP contribution in [0.5, 0.6) is 0 Å². The number of hydrogen-bond acceptors (Lipinski definition) is 3. The zero-order chi connectivity index (χ0) is 14.0. The summed E-state index contributed by atoms with van der Waals surface area (Å²) in [5.74, 6) is -0.181. The van der Waals surface area contributed by atoms with Crippen molar-refractivity contribution in [2.75, 3.05) is 0 Å². The Labute approximate surface area is 117 Å². The molecule has 0 radical (unpaired) electrons. The van der Waals surface area contributed by atoms with Crippen LogP contribution in [-0.2, 0) is 0 Å². The molecule has 0 bridgehead atoms. The van der Waals surface area contributed by atoms with Crippen LogP contribution >= 0.6 is 0 Å². The quantitative estimate of drug-likeness (QED) is 0.908. The number of carbonyl (C=O) groups is 1. The van der Waals surface area contributed by atoms with Crippen LogP contribution < -0.4 is 5.32 Å². The molecule has 0 spiro atoms. The molecule has 2 aromatic rings. The minimum absolute atomic E-state index is 0.181. The number of benzene rings is 1. The van der Waals surface area contributed by atoms with Crippen molar-refractivity contribution in [3.8, 4) is 6.07 Å². The van der Waals surface area contributed by atoms with Crippen molar-refractivity contribution in [3.05, 3.63) is 42.1 Å². The van der Waals surface area contributed by atoms with Gasteiger partial charge in [0.15, 0.2) is 0 Å². The van der Waals surface area contributed by atoms with Gasteiger partial charge in [-0.15, -0.1) is 0 Å². The Bertz CT molecular complexity index is 696. The van der Waals surface area contributed by atoms with E-state index < -0.39 is 5.54 Å². The van der Waals surface area contributed by atoms with Crippen molar-refractivity contribution in [2.24, 2.45) is 0 Å². The highest BCUT2D eigenvalue weighted by atomic mass is 16.1. The molecule has 0 atom stereocenters. The zero-order valence-electron chi connectivity index (χ0n) is 11.1. The summed E-state index contributed by atoms with van der Waals surface area (Å²) in [6.45, 7) is 0. The van der Waals surface area contributed by atoms with Gasteiger partial charge in [-0.1, -0.05) is 6.07 Å². The normalized spacial score (nSPS) is 16.8. The van der Waals surface area contributed by atoms with Crippen LogP contribution in [0, 0.1) is 11.3 Å². The van der Waals surface area contributed by atoms with Gasteiger partial charge in [-0.3, -0.25) is 9.78 Å². The summed E-state index contributed by atoms with van der Waals surface area (Å²) in [5, 5.41) is 13.1.